The molecule has 9 nitrogen and oxygen atoms in total. The summed E-state index contributed by atoms with van der Waals surface area (Å²) in [6, 6.07) is 2.94. The number of rotatable bonds is 6. The molecule has 0 aliphatic carbocycles. The highest BCUT2D eigenvalue weighted by molar-refractivity contribution is 9.10. The molecule has 3 aromatic rings. The molecule has 0 radical (unpaired) electrons. The molecule has 3 aromatic heterocycles. The van der Waals surface area contributed by atoms with Crippen molar-refractivity contribution in [2.24, 2.45) is 7.05 Å². The zero-order valence-corrected chi connectivity index (χ0v) is 16.6. The topological polar surface area (TPSA) is 107 Å². The predicted molar refractivity (Wildman–Crippen MR) is 101 cm³/mol. The van der Waals surface area contributed by atoms with E-state index in [1.54, 1.807) is 43.2 Å². The van der Waals surface area contributed by atoms with Crippen LogP contribution in [0.2, 0.25) is 0 Å². The normalized spacial score (nSPS) is 12.0. The zero-order valence-electron chi connectivity index (χ0n) is 15.1. The molecule has 0 fully saturated rings. The molecule has 0 bridgehead atoms. The molecular formula is C17H19BrN6O3. The van der Waals surface area contributed by atoms with Crippen LogP contribution in [0.5, 0.6) is 0 Å². The second-order valence-corrected chi connectivity index (χ2v) is 6.87. The van der Waals surface area contributed by atoms with Gasteiger partial charge in [0.1, 0.15) is 11.8 Å². The molecular weight excluding hydrogens is 416 g/mol. The Morgan fingerprint density at radius 3 is 2.81 bits per heavy atom. The highest BCUT2D eigenvalue weighted by atomic mass is 79.9. The van der Waals surface area contributed by atoms with E-state index < -0.39 is 11.9 Å². The lowest BCUT2D eigenvalue weighted by molar-refractivity contribution is -0.119. The van der Waals surface area contributed by atoms with Gasteiger partial charge in [-0.25, -0.2) is 0 Å². The first-order chi connectivity index (χ1) is 12.9. The first-order valence-corrected chi connectivity index (χ1v) is 9.00. The number of hydrogen-bond acceptors (Lipinski definition) is 5. The summed E-state index contributed by atoms with van der Waals surface area (Å²) < 4.78 is 9.08. The van der Waals surface area contributed by atoms with Gasteiger partial charge in [-0.2, -0.15) is 10.2 Å². The highest BCUT2D eigenvalue weighted by Crippen LogP contribution is 2.20. The average Bonchev–Trinajstić information content (AvgIpc) is 3.35. The van der Waals surface area contributed by atoms with E-state index in [0.29, 0.717) is 11.4 Å². The quantitative estimate of drug-likeness (QED) is 0.619. The lowest BCUT2D eigenvalue weighted by Gasteiger charge is -2.14. The predicted octanol–water partition coefficient (Wildman–Crippen LogP) is 2.41. The van der Waals surface area contributed by atoms with E-state index in [1.165, 1.54) is 10.9 Å². The molecule has 0 spiro atoms. The summed E-state index contributed by atoms with van der Waals surface area (Å²) in [5.74, 6) is -0.0898. The van der Waals surface area contributed by atoms with Crippen LogP contribution in [0, 0.1) is 6.92 Å². The van der Waals surface area contributed by atoms with E-state index >= 15 is 0 Å². The maximum Gasteiger partial charge on any atom is 0.274 e. The molecule has 2 amide bonds. The molecule has 3 rings (SSSR count). The number of aromatic nitrogens is 4. The summed E-state index contributed by atoms with van der Waals surface area (Å²) in [7, 11) is 1.68. The van der Waals surface area contributed by atoms with Crippen LogP contribution < -0.4 is 10.6 Å². The number of halogens is 1. The van der Waals surface area contributed by atoms with Crippen molar-refractivity contribution >= 4 is 33.4 Å². The molecule has 0 aliphatic heterocycles. The Bertz CT molecular complexity index is 960. The highest BCUT2D eigenvalue weighted by Gasteiger charge is 2.23. The summed E-state index contributed by atoms with van der Waals surface area (Å²) >= 11 is 3.38. The van der Waals surface area contributed by atoms with Gasteiger partial charge in [-0.05, 0) is 41.9 Å². The van der Waals surface area contributed by atoms with Crippen molar-refractivity contribution < 1.29 is 14.0 Å². The summed E-state index contributed by atoms with van der Waals surface area (Å²) in [6.07, 6.45) is 4.75. The van der Waals surface area contributed by atoms with Gasteiger partial charge in [0.05, 0.1) is 34.9 Å². The molecule has 10 heteroatoms. The lowest BCUT2D eigenvalue weighted by atomic mass is 10.2. The van der Waals surface area contributed by atoms with Gasteiger partial charge < -0.3 is 15.1 Å². The molecule has 27 heavy (non-hydrogen) atoms. The minimum Gasteiger partial charge on any atom is -0.467 e. The van der Waals surface area contributed by atoms with Crippen molar-refractivity contribution in [1.82, 2.24) is 24.9 Å². The number of amides is 2. The van der Waals surface area contributed by atoms with Gasteiger partial charge in [0, 0.05) is 13.2 Å². The number of carbonyl (C=O) groups excluding carboxylic acids is 2. The Morgan fingerprint density at radius 1 is 1.41 bits per heavy atom. The van der Waals surface area contributed by atoms with Gasteiger partial charge in [-0.1, -0.05) is 0 Å². The second kappa shape index (κ2) is 7.78. The van der Waals surface area contributed by atoms with Crippen LogP contribution in [0.15, 0.2) is 39.7 Å². The standard InChI is InChI=1S/C17H19BrN6O3/c1-10-13(18)8-20-24(10)11(2)16(25)21-14-9-23(3)22-15(14)17(26)19-7-12-5-4-6-27-12/h4-6,8-9,11H,7H2,1-3H3,(H,19,26)(H,21,25). The zero-order chi connectivity index (χ0) is 19.6. The van der Waals surface area contributed by atoms with Crippen molar-refractivity contribution in [2.45, 2.75) is 26.4 Å². The van der Waals surface area contributed by atoms with Crippen molar-refractivity contribution in [2.75, 3.05) is 5.32 Å². The third-order valence-electron chi connectivity index (χ3n) is 4.04. The van der Waals surface area contributed by atoms with Gasteiger partial charge in [-0.3, -0.25) is 19.0 Å². The van der Waals surface area contributed by atoms with Gasteiger partial charge >= 0.3 is 0 Å². The van der Waals surface area contributed by atoms with Crippen LogP contribution in [0.25, 0.3) is 0 Å². The van der Waals surface area contributed by atoms with Crippen LogP contribution in [0.1, 0.15) is 34.9 Å². The fraction of sp³-hybridized carbons (Fsp3) is 0.294. The van der Waals surface area contributed by atoms with E-state index in [2.05, 4.69) is 36.8 Å². The Labute approximate surface area is 163 Å². The Balaban J connectivity index is 1.72. The van der Waals surface area contributed by atoms with Crippen LogP contribution in [-0.2, 0) is 18.4 Å². The van der Waals surface area contributed by atoms with Crippen molar-refractivity contribution in [3.05, 3.63) is 52.4 Å². The van der Waals surface area contributed by atoms with Crippen LogP contribution >= 0.6 is 15.9 Å². The number of furan rings is 1. The third kappa shape index (κ3) is 4.11. The minimum atomic E-state index is -0.560. The largest absolute Gasteiger partial charge is 0.467 e. The third-order valence-corrected chi connectivity index (χ3v) is 4.81. The number of hydrogen-bond donors (Lipinski definition) is 2. The summed E-state index contributed by atoms with van der Waals surface area (Å²) in [5, 5.41) is 13.8. The summed E-state index contributed by atoms with van der Waals surface area (Å²) in [4.78, 5) is 25.1. The molecule has 0 saturated carbocycles. The number of nitrogens with one attached hydrogen (secondary N) is 2. The van der Waals surface area contributed by atoms with Gasteiger partial charge in [0.15, 0.2) is 5.69 Å². The first-order valence-electron chi connectivity index (χ1n) is 8.21. The van der Waals surface area contributed by atoms with Crippen molar-refractivity contribution in [3.63, 3.8) is 0 Å². The van der Waals surface area contributed by atoms with Gasteiger partial charge in [-0.15, -0.1) is 0 Å². The van der Waals surface area contributed by atoms with E-state index in [-0.39, 0.29) is 18.1 Å². The average molecular weight is 435 g/mol. The molecule has 0 aliphatic rings. The number of nitrogens with zero attached hydrogens (tertiary/aromatic N) is 4. The van der Waals surface area contributed by atoms with E-state index in [1.807, 2.05) is 6.92 Å². The van der Waals surface area contributed by atoms with Crippen LogP contribution in [-0.4, -0.2) is 31.4 Å². The van der Waals surface area contributed by atoms with E-state index in [0.717, 1.165) is 10.2 Å². The van der Waals surface area contributed by atoms with E-state index in [4.69, 9.17) is 4.42 Å². The molecule has 0 saturated heterocycles. The van der Waals surface area contributed by atoms with Crippen LogP contribution in [0.3, 0.4) is 0 Å². The molecule has 1 atom stereocenters. The number of aryl methyl sites for hydroxylation is 1. The maximum absolute atomic E-state index is 12.6. The lowest BCUT2D eigenvalue weighted by Crippen LogP contribution is -2.28. The van der Waals surface area contributed by atoms with Crippen molar-refractivity contribution in [3.8, 4) is 0 Å². The summed E-state index contributed by atoms with van der Waals surface area (Å²) in [5.41, 5.74) is 1.29. The monoisotopic (exact) mass is 434 g/mol. The Morgan fingerprint density at radius 2 is 2.19 bits per heavy atom. The molecule has 1 unspecified atom stereocenters. The smallest absolute Gasteiger partial charge is 0.274 e. The molecule has 142 valence electrons. The van der Waals surface area contributed by atoms with Crippen molar-refractivity contribution in [1.29, 1.82) is 0 Å². The Hall–Kier alpha value is -2.88. The summed E-state index contributed by atoms with van der Waals surface area (Å²) in [6.45, 7) is 3.82. The van der Waals surface area contributed by atoms with Gasteiger partial charge in [0.25, 0.3) is 5.91 Å². The fourth-order valence-electron chi connectivity index (χ4n) is 2.55. The maximum atomic E-state index is 12.6. The molecule has 0 aromatic carbocycles. The Kier molecular flexibility index (Phi) is 5.45. The second-order valence-electron chi connectivity index (χ2n) is 6.01. The SMILES string of the molecule is Cc1c(Br)cnn1C(C)C(=O)Nc1cn(C)nc1C(=O)NCc1ccco1. The minimum absolute atomic E-state index is 0.128. The molecule has 3 heterocycles. The van der Waals surface area contributed by atoms with Crippen LogP contribution in [0.4, 0.5) is 5.69 Å². The number of carbonyl (C=O) groups is 2. The van der Waals surface area contributed by atoms with Gasteiger partial charge in [0.2, 0.25) is 5.91 Å². The first kappa shape index (κ1) is 18.9. The molecule has 2 N–H and O–H groups in total. The van der Waals surface area contributed by atoms with E-state index in [9.17, 15) is 9.59 Å². The number of anilines is 1. The fourth-order valence-corrected chi connectivity index (χ4v) is 2.83.